The number of benzene rings is 2. The van der Waals surface area contributed by atoms with E-state index in [9.17, 15) is 4.79 Å². The number of carboxylic acids is 1. The third-order valence-corrected chi connectivity index (χ3v) is 3.55. The number of carbonyl (C=O) groups is 1. The monoisotopic (exact) mass is 357 g/mol. The van der Waals surface area contributed by atoms with E-state index >= 15 is 0 Å². The highest BCUT2D eigenvalue weighted by atomic mass is 32.1. The van der Waals surface area contributed by atoms with E-state index in [-0.39, 0.29) is 0 Å². The standard InChI is InChI=1S/C18H19N3O3S/c1-12-6-5-7-13(2)17(12)20-18(25)21-19-10-14-8-3-4-9-15(14)24-11-16(22)23/h3-10H,11H2,1-2H3,(H,22,23)(H2,20,21,25)/b19-10-. The maximum Gasteiger partial charge on any atom is 0.341 e. The van der Waals surface area contributed by atoms with Crippen LogP contribution in [0.4, 0.5) is 5.69 Å². The van der Waals surface area contributed by atoms with Crippen molar-refractivity contribution in [2.45, 2.75) is 13.8 Å². The minimum absolute atomic E-state index is 0.359. The molecule has 2 aromatic rings. The van der Waals surface area contributed by atoms with Gasteiger partial charge in [-0.3, -0.25) is 5.43 Å². The van der Waals surface area contributed by atoms with Crippen molar-refractivity contribution in [1.82, 2.24) is 5.43 Å². The van der Waals surface area contributed by atoms with Gasteiger partial charge in [0.1, 0.15) is 5.75 Å². The molecule has 0 radical (unpaired) electrons. The predicted octanol–water partition coefficient (Wildman–Crippen LogP) is 3.09. The fourth-order valence-corrected chi connectivity index (χ4v) is 2.33. The van der Waals surface area contributed by atoms with Crippen LogP contribution in [0, 0.1) is 13.8 Å². The molecule has 0 amide bonds. The molecule has 3 N–H and O–H groups in total. The van der Waals surface area contributed by atoms with E-state index in [2.05, 4.69) is 15.8 Å². The highest BCUT2D eigenvalue weighted by Crippen LogP contribution is 2.19. The minimum atomic E-state index is -1.04. The number of para-hydroxylation sites is 2. The Hall–Kier alpha value is -2.93. The highest BCUT2D eigenvalue weighted by molar-refractivity contribution is 7.80. The second kappa shape index (κ2) is 8.79. The number of aliphatic carboxylic acids is 1. The van der Waals surface area contributed by atoms with Gasteiger partial charge in [0.25, 0.3) is 0 Å². The van der Waals surface area contributed by atoms with Crippen molar-refractivity contribution in [3.8, 4) is 5.75 Å². The molecule has 0 fully saturated rings. The molecule has 25 heavy (non-hydrogen) atoms. The SMILES string of the molecule is Cc1cccc(C)c1NC(=S)N/N=C\c1ccccc1OCC(=O)O. The number of rotatable bonds is 6. The van der Waals surface area contributed by atoms with Crippen molar-refractivity contribution in [2.75, 3.05) is 11.9 Å². The Morgan fingerprint density at radius 1 is 1.20 bits per heavy atom. The lowest BCUT2D eigenvalue weighted by Crippen LogP contribution is -2.24. The van der Waals surface area contributed by atoms with Gasteiger partial charge in [0, 0.05) is 11.3 Å². The molecule has 130 valence electrons. The normalized spacial score (nSPS) is 10.5. The third-order valence-electron chi connectivity index (χ3n) is 3.36. The average molecular weight is 357 g/mol. The van der Waals surface area contributed by atoms with E-state index in [0.717, 1.165) is 16.8 Å². The first-order valence-electron chi connectivity index (χ1n) is 7.57. The molecule has 0 saturated heterocycles. The number of aryl methyl sites for hydroxylation is 2. The topological polar surface area (TPSA) is 83.0 Å². The fourth-order valence-electron chi connectivity index (χ4n) is 2.17. The summed E-state index contributed by atoms with van der Waals surface area (Å²) in [4.78, 5) is 10.6. The van der Waals surface area contributed by atoms with Crippen molar-refractivity contribution in [3.05, 3.63) is 59.2 Å². The molecule has 0 aliphatic carbocycles. The van der Waals surface area contributed by atoms with E-state index < -0.39 is 12.6 Å². The summed E-state index contributed by atoms with van der Waals surface area (Å²) in [6.45, 7) is 3.58. The van der Waals surface area contributed by atoms with Crippen LogP contribution in [0.15, 0.2) is 47.6 Å². The van der Waals surface area contributed by atoms with Crippen LogP contribution in [0.5, 0.6) is 5.75 Å². The van der Waals surface area contributed by atoms with E-state index in [1.807, 2.05) is 38.1 Å². The lowest BCUT2D eigenvalue weighted by Gasteiger charge is -2.12. The van der Waals surface area contributed by atoms with Crippen LogP contribution in [-0.4, -0.2) is 29.0 Å². The van der Waals surface area contributed by atoms with Crippen molar-refractivity contribution in [1.29, 1.82) is 0 Å². The van der Waals surface area contributed by atoms with Crippen molar-refractivity contribution in [3.63, 3.8) is 0 Å². The summed E-state index contributed by atoms with van der Waals surface area (Å²) in [6, 6.07) is 13.0. The molecule has 0 aliphatic heterocycles. The first kappa shape index (κ1) is 18.4. The summed E-state index contributed by atoms with van der Waals surface area (Å²) in [6.07, 6.45) is 1.52. The number of anilines is 1. The van der Waals surface area contributed by atoms with Crippen molar-refractivity contribution < 1.29 is 14.6 Å². The summed E-state index contributed by atoms with van der Waals surface area (Å²) >= 11 is 5.24. The zero-order valence-corrected chi connectivity index (χ0v) is 14.8. The Morgan fingerprint density at radius 2 is 1.88 bits per heavy atom. The first-order valence-corrected chi connectivity index (χ1v) is 7.98. The van der Waals surface area contributed by atoms with Gasteiger partial charge in [0.15, 0.2) is 11.7 Å². The van der Waals surface area contributed by atoms with E-state index in [0.29, 0.717) is 16.4 Å². The van der Waals surface area contributed by atoms with E-state index in [1.165, 1.54) is 6.21 Å². The second-order valence-electron chi connectivity index (χ2n) is 5.31. The molecule has 7 heteroatoms. The van der Waals surface area contributed by atoms with Gasteiger partial charge in [0.05, 0.1) is 6.21 Å². The largest absolute Gasteiger partial charge is 0.481 e. The molecule has 0 unspecified atom stereocenters. The Labute approximate surface area is 151 Å². The summed E-state index contributed by atoms with van der Waals surface area (Å²) in [5.41, 5.74) is 6.50. The van der Waals surface area contributed by atoms with Gasteiger partial charge in [-0.25, -0.2) is 4.79 Å². The molecular formula is C18H19N3O3S. The van der Waals surface area contributed by atoms with Gasteiger partial charge in [-0.05, 0) is 49.3 Å². The Morgan fingerprint density at radius 3 is 2.56 bits per heavy atom. The molecule has 0 spiro atoms. The molecular weight excluding hydrogens is 338 g/mol. The number of carboxylic acid groups (broad SMARTS) is 1. The molecule has 0 aliphatic rings. The van der Waals surface area contributed by atoms with Gasteiger partial charge in [-0.1, -0.05) is 30.3 Å². The number of hydrogen-bond acceptors (Lipinski definition) is 4. The molecule has 2 rings (SSSR count). The number of hydrogen-bond donors (Lipinski definition) is 3. The second-order valence-corrected chi connectivity index (χ2v) is 5.72. The highest BCUT2D eigenvalue weighted by Gasteiger charge is 2.05. The van der Waals surface area contributed by atoms with Crippen molar-refractivity contribution in [2.24, 2.45) is 5.10 Å². The van der Waals surface area contributed by atoms with Gasteiger partial charge in [0.2, 0.25) is 0 Å². The van der Waals surface area contributed by atoms with Gasteiger partial charge in [-0.15, -0.1) is 0 Å². The van der Waals surface area contributed by atoms with E-state index in [1.54, 1.807) is 18.2 Å². The average Bonchev–Trinajstić information content (AvgIpc) is 2.57. The van der Waals surface area contributed by atoms with Gasteiger partial charge < -0.3 is 15.2 Å². The van der Waals surface area contributed by atoms with Gasteiger partial charge in [-0.2, -0.15) is 5.10 Å². The zero-order valence-electron chi connectivity index (χ0n) is 13.9. The Bertz CT molecular complexity index is 786. The van der Waals surface area contributed by atoms with Crippen LogP contribution in [0.25, 0.3) is 0 Å². The molecule has 0 bridgehead atoms. The van der Waals surface area contributed by atoms with Crippen LogP contribution >= 0.6 is 12.2 Å². The van der Waals surface area contributed by atoms with Crippen molar-refractivity contribution >= 4 is 35.2 Å². The summed E-state index contributed by atoms with van der Waals surface area (Å²) < 4.78 is 5.22. The number of nitrogens with one attached hydrogen (secondary N) is 2. The number of thiocarbonyl (C=S) groups is 1. The van der Waals surface area contributed by atoms with Crippen LogP contribution in [0.3, 0.4) is 0 Å². The lowest BCUT2D eigenvalue weighted by atomic mass is 10.1. The molecule has 2 aromatic carbocycles. The Kier molecular flexibility index (Phi) is 6.47. The quantitative estimate of drug-likeness (QED) is 0.419. The molecule has 0 saturated carbocycles. The smallest absolute Gasteiger partial charge is 0.341 e. The lowest BCUT2D eigenvalue weighted by molar-refractivity contribution is -0.139. The predicted molar refractivity (Wildman–Crippen MR) is 102 cm³/mol. The summed E-state index contributed by atoms with van der Waals surface area (Å²) in [5, 5.41) is 16.3. The maximum atomic E-state index is 10.6. The molecule has 6 nitrogen and oxygen atoms in total. The molecule has 0 aromatic heterocycles. The zero-order chi connectivity index (χ0) is 18.2. The van der Waals surface area contributed by atoms with Gasteiger partial charge >= 0.3 is 5.97 Å². The number of nitrogens with zero attached hydrogens (tertiary/aromatic N) is 1. The minimum Gasteiger partial charge on any atom is -0.481 e. The van der Waals surface area contributed by atoms with Crippen LogP contribution in [-0.2, 0) is 4.79 Å². The van der Waals surface area contributed by atoms with Crippen LogP contribution in [0.1, 0.15) is 16.7 Å². The van der Waals surface area contributed by atoms with Crippen LogP contribution in [0.2, 0.25) is 0 Å². The molecule has 0 heterocycles. The number of hydrazone groups is 1. The summed E-state index contributed by atoms with van der Waals surface area (Å²) in [7, 11) is 0. The molecule has 0 atom stereocenters. The Balaban J connectivity index is 1.99. The fraction of sp³-hybridized carbons (Fsp3) is 0.167. The maximum absolute atomic E-state index is 10.6. The van der Waals surface area contributed by atoms with E-state index in [4.69, 9.17) is 22.1 Å². The summed E-state index contributed by atoms with van der Waals surface area (Å²) in [5.74, 6) is -0.604. The van der Waals surface area contributed by atoms with Crippen LogP contribution < -0.4 is 15.5 Å². The number of ether oxygens (including phenoxy) is 1. The first-order chi connectivity index (χ1) is 12.0. The third kappa shape index (κ3) is 5.58.